The van der Waals surface area contributed by atoms with Gasteiger partial charge in [-0.05, 0) is 36.8 Å². The lowest BCUT2D eigenvalue weighted by atomic mass is 9.95. The summed E-state index contributed by atoms with van der Waals surface area (Å²) in [6, 6.07) is 15.9. The van der Waals surface area contributed by atoms with Crippen molar-refractivity contribution in [1.82, 2.24) is 10.6 Å². The number of urea groups is 1. The molecular formula is C18H16BrN3O2. The lowest BCUT2D eigenvalue weighted by Crippen LogP contribution is -2.45. The molecule has 0 spiro atoms. The highest BCUT2D eigenvalue weighted by Gasteiger charge is 2.31. The Morgan fingerprint density at radius 1 is 1.12 bits per heavy atom. The lowest BCUT2D eigenvalue weighted by molar-refractivity contribution is -0.113. The van der Waals surface area contributed by atoms with Crippen molar-refractivity contribution in [3.05, 3.63) is 75.9 Å². The lowest BCUT2D eigenvalue weighted by Gasteiger charge is -2.28. The summed E-state index contributed by atoms with van der Waals surface area (Å²) in [5.41, 5.74) is 2.55. The summed E-state index contributed by atoms with van der Waals surface area (Å²) < 4.78 is 0.883. The molecule has 3 N–H and O–H groups in total. The van der Waals surface area contributed by atoms with Crippen LogP contribution in [0.1, 0.15) is 18.5 Å². The van der Waals surface area contributed by atoms with Gasteiger partial charge in [0.05, 0.1) is 11.6 Å². The van der Waals surface area contributed by atoms with Crippen molar-refractivity contribution in [3.63, 3.8) is 0 Å². The van der Waals surface area contributed by atoms with Gasteiger partial charge in [0.1, 0.15) is 0 Å². The van der Waals surface area contributed by atoms with E-state index in [1.165, 1.54) is 0 Å². The zero-order chi connectivity index (χ0) is 17.1. The number of rotatable bonds is 3. The van der Waals surface area contributed by atoms with Crippen molar-refractivity contribution in [3.8, 4) is 0 Å². The van der Waals surface area contributed by atoms with E-state index in [2.05, 4.69) is 31.9 Å². The van der Waals surface area contributed by atoms with Gasteiger partial charge in [-0.3, -0.25) is 4.79 Å². The normalized spacial score (nSPS) is 17.1. The van der Waals surface area contributed by atoms with E-state index in [4.69, 9.17) is 0 Å². The quantitative estimate of drug-likeness (QED) is 0.753. The predicted molar refractivity (Wildman–Crippen MR) is 96.3 cm³/mol. The Morgan fingerprint density at radius 2 is 1.88 bits per heavy atom. The maximum Gasteiger partial charge on any atom is 0.319 e. The molecule has 0 unspecified atom stereocenters. The first-order valence-electron chi connectivity index (χ1n) is 7.45. The van der Waals surface area contributed by atoms with E-state index < -0.39 is 6.04 Å². The molecule has 3 rings (SSSR count). The van der Waals surface area contributed by atoms with Crippen molar-refractivity contribution in [2.24, 2.45) is 0 Å². The topological polar surface area (TPSA) is 70.2 Å². The monoisotopic (exact) mass is 385 g/mol. The van der Waals surface area contributed by atoms with Crippen LogP contribution >= 0.6 is 15.9 Å². The van der Waals surface area contributed by atoms with E-state index in [0.717, 1.165) is 10.0 Å². The summed E-state index contributed by atoms with van der Waals surface area (Å²) in [5.74, 6) is -0.254. The van der Waals surface area contributed by atoms with Crippen LogP contribution in [0.5, 0.6) is 0 Å². The van der Waals surface area contributed by atoms with Crippen LogP contribution in [0.3, 0.4) is 0 Å². The van der Waals surface area contributed by atoms with Crippen LogP contribution in [0.4, 0.5) is 10.5 Å². The van der Waals surface area contributed by atoms with Crippen molar-refractivity contribution >= 4 is 33.6 Å². The molecule has 3 amide bonds. The van der Waals surface area contributed by atoms with Crippen LogP contribution in [0, 0.1) is 0 Å². The number of halogens is 1. The molecule has 1 atom stereocenters. The Hall–Kier alpha value is -2.60. The van der Waals surface area contributed by atoms with Gasteiger partial charge in [0.15, 0.2) is 0 Å². The summed E-state index contributed by atoms with van der Waals surface area (Å²) in [4.78, 5) is 24.7. The molecule has 1 aliphatic rings. The first kappa shape index (κ1) is 16.3. The second-order valence-corrected chi connectivity index (χ2v) is 6.36. The summed E-state index contributed by atoms with van der Waals surface area (Å²) in [6.45, 7) is 1.73. The Labute approximate surface area is 148 Å². The van der Waals surface area contributed by atoms with Crippen molar-refractivity contribution in [1.29, 1.82) is 0 Å². The van der Waals surface area contributed by atoms with E-state index in [1.807, 2.05) is 54.6 Å². The molecule has 2 aromatic rings. The molecule has 0 aliphatic carbocycles. The van der Waals surface area contributed by atoms with Crippen LogP contribution in [-0.2, 0) is 4.79 Å². The second-order valence-electron chi connectivity index (χ2n) is 5.45. The number of carbonyl (C=O) groups excluding carboxylic acids is 2. The number of amides is 3. The summed E-state index contributed by atoms with van der Waals surface area (Å²) in [6.07, 6.45) is 0. The van der Waals surface area contributed by atoms with Crippen molar-refractivity contribution in [2.75, 3.05) is 5.32 Å². The molecule has 1 aliphatic heterocycles. The Morgan fingerprint density at radius 3 is 2.58 bits per heavy atom. The van der Waals surface area contributed by atoms with Crippen LogP contribution in [0.15, 0.2) is 70.3 Å². The molecule has 2 aromatic carbocycles. The smallest absolute Gasteiger partial charge is 0.319 e. The molecule has 24 heavy (non-hydrogen) atoms. The van der Waals surface area contributed by atoms with Crippen LogP contribution in [0.2, 0.25) is 0 Å². The third-order valence-corrected chi connectivity index (χ3v) is 4.22. The van der Waals surface area contributed by atoms with Gasteiger partial charge in [0.25, 0.3) is 5.91 Å². The van der Waals surface area contributed by atoms with Gasteiger partial charge in [-0.1, -0.05) is 46.3 Å². The van der Waals surface area contributed by atoms with Crippen molar-refractivity contribution < 1.29 is 9.59 Å². The van der Waals surface area contributed by atoms with Crippen LogP contribution < -0.4 is 16.0 Å². The van der Waals surface area contributed by atoms with E-state index in [1.54, 1.807) is 6.92 Å². The highest BCUT2D eigenvalue weighted by atomic mass is 79.9. The molecule has 0 saturated carbocycles. The number of carbonyl (C=O) groups is 2. The molecule has 6 heteroatoms. The molecule has 0 aromatic heterocycles. The van der Waals surface area contributed by atoms with E-state index in [-0.39, 0.29) is 11.9 Å². The first-order valence-corrected chi connectivity index (χ1v) is 8.24. The van der Waals surface area contributed by atoms with Gasteiger partial charge in [0, 0.05) is 15.9 Å². The third-order valence-electron chi connectivity index (χ3n) is 3.73. The van der Waals surface area contributed by atoms with Gasteiger partial charge in [-0.25, -0.2) is 4.79 Å². The molecule has 122 valence electrons. The molecule has 0 bridgehead atoms. The zero-order valence-electron chi connectivity index (χ0n) is 13.0. The van der Waals surface area contributed by atoms with Crippen molar-refractivity contribution in [2.45, 2.75) is 13.0 Å². The number of hydrogen-bond acceptors (Lipinski definition) is 2. The average Bonchev–Trinajstić information content (AvgIpc) is 2.55. The van der Waals surface area contributed by atoms with Gasteiger partial charge >= 0.3 is 6.03 Å². The Kier molecular flexibility index (Phi) is 4.66. The van der Waals surface area contributed by atoms with Gasteiger partial charge in [-0.2, -0.15) is 0 Å². The average molecular weight is 386 g/mol. The van der Waals surface area contributed by atoms with Gasteiger partial charge < -0.3 is 16.0 Å². The van der Waals surface area contributed by atoms with Gasteiger partial charge in [0.2, 0.25) is 0 Å². The fourth-order valence-corrected chi connectivity index (χ4v) is 3.07. The number of allylic oxidation sites excluding steroid dienone is 1. The minimum atomic E-state index is -0.514. The molecular weight excluding hydrogens is 370 g/mol. The van der Waals surface area contributed by atoms with E-state index in [0.29, 0.717) is 17.0 Å². The maximum atomic E-state index is 12.8. The Bertz CT molecular complexity index is 818. The third kappa shape index (κ3) is 3.49. The predicted octanol–water partition coefficient (Wildman–Crippen LogP) is 3.72. The highest BCUT2D eigenvalue weighted by molar-refractivity contribution is 9.10. The first-order chi connectivity index (χ1) is 11.5. The number of nitrogens with one attached hydrogen (secondary N) is 3. The molecule has 0 saturated heterocycles. The molecule has 0 radical (unpaired) electrons. The summed E-state index contributed by atoms with van der Waals surface area (Å²) >= 11 is 3.42. The number of benzene rings is 2. The Balaban J connectivity index is 1.96. The SMILES string of the molecule is CC1=C(C(=O)Nc2ccccc2)[C@@H](c2cccc(Br)c2)NC(=O)N1. The van der Waals surface area contributed by atoms with E-state index in [9.17, 15) is 9.59 Å². The molecule has 0 fully saturated rings. The summed E-state index contributed by atoms with van der Waals surface area (Å²) in [5, 5.41) is 8.36. The summed E-state index contributed by atoms with van der Waals surface area (Å²) in [7, 11) is 0. The minimum absolute atomic E-state index is 0.254. The van der Waals surface area contributed by atoms with Crippen LogP contribution in [-0.4, -0.2) is 11.9 Å². The number of para-hydroxylation sites is 1. The van der Waals surface area contributed by atoms with Gasteiger partial charge in [-0.15, -0.1) is 0 Å². The number of hydrogen-bond donors (Lipinski definition) is 3. The second kappa shape index (κ2) is 6.88. The zero-order valence-corrected chi connectivity index (χ0v) is 14.6. The fourth-order valence-electron chi connectivity index (χ4n) is 2.65. The molecule has 5 nitrogen and oxygen atoms in total. The van der Waals surface area contributed by atoms with Crippen LogP contribution in [0.25, 0.3) is 0 Å². The molecule has 1 heterocycles. The number of anilines is 1. The highest BCUT2D eigenvalue weighted by Crippen LogP contribution is 2.29. The largest absolute Gasteiger partial charge is 0.327 e. The van der Waals surface area contributed by atoms with E-state index >= 15 is 0 Å². The maximum absolute atomic E-state index is 12.8. The minimum Gasteiger partial charge on any atom is -0.327 e. The fraction of sp³-hybridized carbons (Fsp3) is 0.111. The standard InChI is InChI=1S/C18H16BrN3O2/c1-11-15(17(23)21-14-8-3-2-4-9-14)16(22-18(24)20-11)12-6-5-7-13(19)10-12/h2-10,16H,1H3,(H,21,23)(H2,20,22,24)/t16-/m1/s1.